The summed E-state index contributed by atoms with van der Waals surface area (Å²) in [4.78, 5) is 19.4. The maximum atomic E-state index is 13.0. The van der Waals surface area contributed by atoms with E-state index in [-0.39, 0.29) is 5.91 Å². The van der Waals surface area contributed by atoms with Gasteiger partial charge in [0, 0.05) is 22.9 Å². The number of hydrogen-bond donors (Lipinski definition) is 0. The Hall–Kier alpha value is -1.98. The van der Waals surface area contributed by atoms with Gasteiger partial charge in [0.05, 0.1) is 5.69 Å². The molecule has 0 N–H and O–H groups in total. The molecule has 1 amide bonds. The Morgan fingerprint density at radius 1 is 1.26 bits per heavy atom. The minimum absolute atomic E-state index is 0.0120. The lowest BCUT2D eigenvalue weighted by Gasteiger charge is -2.30. The topological polar surface area (TPSA) is 33.2 Å². The molecule has 0 fully saturated rings. The summed E-state index contributed by atoms with van der Waals surface area (Å²) in [6.45, 7) is 2.84. The highest BCUT2D eigenvalue weighted by Gasteiger charge is 2.26. The molecule has 1 aromatic carbocycles. The molecule has 0 bridgehead atoms. The van der Waals surface area contributed by atoms with Gasteiger partial charge >= 0.3 is 0 Å². The second kappa shape index (κ2) is 5.91. The van der Waals surface area contributed by atoms with Crippen LogP contribution in [-0.2, 0) is 6.42 Å². The van der Waals surface area contributed by atoms with Gasteiger partial charge in [0.15, 0.2) is 0 Å². The minimum Gasteiger partial charge on any atom is -0.306 e. The number of thiazole rings is 1. The fourth-order valence-corrected chi connectivity index (χ4v) is 4.59. The molecular weight excluding hydrogens is 324 g/mol. The molecule has 1 aliphatic heterocycles. The maximum Gasteiger partial charge on any atom is 0.277 e. The van der Waals surface area contributed by atoms with Crippen molar-refractivity contribution in [2.75, 3.05) is 11.4 Å². The summed E-state index contributed by atoms with van der Waals surface area (Å²) in [5.74, 6) is 0.0120. The molecule has 3 aromatic rings. The zero-order valence-corrected chi connectivity index (χ0v) is 14.4. The summed E-state index contributed by atoms with van der Waals surface area (Å²) in [5, 5.41) is 6.88. The van der Waals surface area contributed by atoms with E-state index in [4.69, 9.17) is 0 Å². The van der Waals surface area contributed by atoms with E-state index in [9.17, 15) is 4.79 Å². The summed E-state index contributed by atoms with van der Waals surface area (Å²) < 4.78 is 0. The van der Waals surface area contributed by atoms with Crippen LogP contribution in [0.15, 0.2) is 40.4 Å². The largest absolute Gasteiger partial charge is 0.306 e. The van der Waals surface area contributed by atoms with Gasteiger partial charge in [-0.15, -0.1) is 11.3 Å². The van der Waals surface area contributed by atoms with Gasteiger partial charge < -0.3 is 4.90 Å². The van der Waals surface area contributed by atoms with Gasteiger partial charge in [0.1, 0.15) is 10.7 Å². The van der Waals surface area contributed by atoms with Crippen LogP contribution >= 0.6 is 22.7 Å². The molecule has 3 nitrogen and oxygen atoms in total. The summed E-state index contributed by atoms with van der Waals surface area (Å²) in [5.41, 5.74) is 5.14. The van der Waals surface area contributed by atoms with Crippen LogP contribution in [0.5, 0.6) is 0 Å². The molecule has 0 unspecified atom stereocenters. The Morgan fingerprint density at radius 3 is 3.00 bits per heavy atom. The zero-order valence-electron chi connectivity index (χ0n) is 12.8. The summed E-state index contributed by atoms with van der Waals surface area (Å²) in [6.07, 6.45) is 2.04. The maximum absolute atomic E-state index is 13.0. The lowest BCUT2D eigenvalue weighted by molar-refractivity contribution is 0.0981. The lowest BCUT2D eigenvalue weighted by Crippen LogP contribution is -2.36. The highest BCUT2D eigenvalue weighted by atomic mass is 32.1. The highest BCUT2D eigenvalue weighted by Crippen LogP contribution is 2.32. The van der Waals surface area contributed by atoms with Gasteiger partial charge in [-0.25, -0.2) is 4.98 Å². The first-order valence-corrected chi connectivity index (χ1v) is 9.45. The molecule has 4 rings (SSSR count). The van der Waals surface area contributed by atoms with Crippen LogP contribution in [0.25, 0.3) is 10.6 Å². The fraction of sp³-hybridized carbons (Fsp3) is 0.222. The molecule has 0 spiro atoms. The molecule has 0 saturated heterocycles. The van der Waals surface area contributed by atoms with Crippen LogP contribution in [0, 0.1) is 6.92 Å². The predicted molar refractivity (Wildman–Crippen MR) is 96.6 cm³/mol. The van der Waals surface area contributed by atoms with Gasteiger partial charge in [-0.1, -0.05) is 18.2 Å². The zero-order chi connectivity index (χ0) is 15.8. The number of aryl methyl sites for hydroxylation is 2. The van der Waals surface area contributed by atoms with E-state index in [1.807, 2.05) is 21.7 Å². The van der Waals surface area contributed by atoms with E-state index in [0.717, 1.165) is 41.2 Å². The van der Waals surface area contributed by atoms with Crippen molar-refractivity contribution >= 4 is 34.3 Å². The van der Waals surface area contributed by atoms with Crippen molar-refractivity contribution in [2.24, 2.45) is 0 Å². The number of fused-ring (bicyclic) bond motifs is 1. The number of nitrogens with zero attached hydrogens (tertiary/aromatic N) is 2. The van der Waals surface area contributed by atoms with Crippen LogP contribution in [0.3, 0.4) is 0 Å². The Kier molecular flexibility index (Phi) is 3.75. The summed E-state index contributed by atoms with van der Waals surface area (Å²) in [6, 6.07) is 8.31. The van der Waals surface area contributed by atoms with Crippen molar-refractivity contribution in [1.29, 1.82) is 0 Å². The fourth-order valence-electron chi connectivity index (χ4n) is 3.08. The van der Waals surface area contributed by atoms with Crippen molar-refractivity contribution in [3.8, 4) is 10.6 Å². The standard InChI is InChI=1S/C18H16N2OS2/c1-12-4-2-5-13-6-3-8-20(16(12)13)18(21)15-11-23-17(19-15)14-7-9-22-10-14/h2,4-5,7,9-11H,3,6,8H2,1H3. The number of carbonyl (C=O) groups is 1. The van der Waals surface area contributed by atoms with Crippen molar-refractivity contribution in [1.82, 2.24) is 4.98 Å². The van der Waals surface area contributed by atoms with Crippen molar-refractivity contribution in [2.45, 2.75) is 19.8 Å². The number of carbonyl (C=O) groups excluding carboxylic acids is 1. The van der Waals surface area contributed by atoms with Crippen LogP contribution < -0.4 is 4.90 Å². The predicted octanol–water partition coefficient (Wildman–Crippen LogP) is 4.77. The number of thiophene rings is 1. The third kappa shape index (κ3) is 2.60. The molecule has 23 heavy (non-hydrogen) atoms. The first-order chi connectivity index (χ1) is 11.2. The molecule has 0 saturated carbocycles. The Labute approximate surface area is 143 Å². The number of anilines is 1. The average Bonchev–Trinajstić information content (AvgIpc) is 3.25. The number of para-hydroxylation sites is 1. The number of rotatable bonds is 2. The SMILES string of the molecule is Cc1cccc2c1N(C(=O)c1csc(-c3ccsc3)n1)CCC2. The summed E-state index contributed by atoms with van der Waals surface area (Å²) >= 11 is 3.18. The molecular formula is C18H16N2OS2. The Balaban J connectivity index is 1.69. The van der Waals surface area contributed by atoms with E-state index in [1.54, 1.807) is 11.3 Å². The van der Waals surface area contributed by atoms with E-state index < -0.39 is 0 Å². The second-order valence-electron chi connectivity index (χ2n) is 5.69. The quantitative estimate of drug-likeness (QED) is 0.673. The third-order valence-electron chi connectivity index (χ3n) is 4.16. The molecule has 2 aromatic heterocycles. The second-order valence-corrected chi connectivity index (χ2v) is 7.33. The van der Waals surface area contributed by atoms with Gasteiger partial charge in [-0.05, 0) is 42.3 Å². The average molecular weight is 340 g/mol. The Bertz CT molecular complexity index is 852. The lowest BCUT2D eigenvalue weighted by atomic mass is 9.98. The van der Waals surface area contributed by atoms with Crippen molar-refractivity contribution in [3.05, 3.63) is 57.2 Å². The number of benzene rings is 1. The van der Waals surface area contributed by atoms with Crippen LogP contribution in [0.2, 0.25) is 0 Å². The summed E-state index contributed by atoms with van der Waals surface area (Å²) in [7, 11) is 0. The third-order valence-corrected chi connectivity index (χ3v) is 5.73. The van der Waals surface area contributed by atoms with Gasteiger partial charge in [-0.3, -0.25) is 4.79 Å². The van der Waals surface area contributed by atoms with E-state index >= 15 is 0 Å². The van der Waals surface area contributed by atoms with Crippen molar-refractivity contribution in [3.63, 3.8) is 0 Å². The number of hydrogen-bond acceptors (Lipinski definition) is 4. The number of amides is 1. The highest BCUT2D eigenvalue weighted by molar-refractivity contribution is 7.14. The monoisotopic (exact) mass is 340 g/mol. The van der Waals surface area contributed by atoms with E-state index in [0.29, 0.717) is 5.69 Å². The van der Waals surface area contributed by atoms with Crippen LogP contribution in [0.1, 0.15) is 28.0 Å². The molecule has 0 aliphatic carbocycles. The molecule has 5 heteroatoms. The van der Waals surface area contributed by atoms with Gasteiger partial charge in [0.25, 0.3) is 5.91 Å². The minimum atomic E-state index is 0.0120. The first kappa shape index (κ1) is 14.6. The van der Waals surface area contributed by atoms with Crippen LogP contribution in [-0.4, -0.2) is 17.4 Å². The van der Waals surface area contributed by atoms with Crippen molar-refractivity contribution < 1.29 is 4.79 Å². The Morgan fingerprint density at radius 2 is 2.17 bits per heavy atom. The van der Waals surface area contributed by atoms with Gasteiger partial charge in [0.2, 0.25) is 0 Å². The molecule has 1 aliphatic rings. The molecule has 0 radical (unpaired) electrons. The normalized spacial score (nSPS) is 13.9. The molecule has 0 atom stereocenters. The van der Waals surface area contributed by atoms with E-state index in [1.165, 1.54) is 16.9 Å². The van der Waals surface area contributed by atoms with Gasteiger partial charge in [-0.2, -0.15) is 11.3 Å². The van der Waals surface area contributed by atoms with E-state index in [2.05, 4.69) is 35.5 Å². The molecule has 3 heterocycles. The smallest absolute Gasteiger partial charge is 0.277 e. The molecule has 116 valence electrons. The number of aromatic nitrogens is 1. The first-order valence-electron chi connectivity index (χ1n) is 7.62. The van der Waals surface area contributed by atoms with Crippen LogP contribution in [0.4, 0.5) is 5.69 Å².